The smallest absolute Gasteiger partial charge is 0.230 e. The third-order valence-electron chi connectivity index (χ3n) is 6.92. The Labute approximate surface area is 221 Å². The summed E-state index contributed by atoms with van der Waals surface area (Å²) in [6, 6.07) is 27.2. The van der Waals surface area contributed by atoms with Crippen molar-refractivity contribution in [3.8, 4) is 11.1 Å². The first-order chi connectivity index (χ1) is 18.7. The maximum atomic E-state index is 13.0. The number of anilines is 1. The van der Waals surface area contributed by atoms with Crippen LogP contribution in [0.5, 0.6) is 0 Å². The van der Waals surface area contributed by atoms with Gasteiger partial charge in [0.25, 0.3) is 0 Å². The molecule has 1 N–H and O–H groups in total. The number of hydrogen-bond donors (Lipinski definition) is 1. The van der Waals surface area contributed by atoms with Crippen LogP contribution in [-0.2, 0) is 24.2 Å². The van der Waals surface area contributed by atoms with Crippen LogP contribution in [0, 0.1) is 0 Å². The first kappa shape index (κ1) is 23.9. The van der Waals surface area contributed by atoms with Gasteiger partial charge in [0.15, 0.2) is 0 Å². The van der Waals surface area contributed by atoms with Crippen molar-refractivity contribution >= 4 is 22.6 Å². The van der Waals surface area contributed by atoms with Gasteiger partial charge in [-0.1, -0.05) is 59.8 Å². The Balaban J connectivity index is 1.20. The van der Waals surface area contributed by atoms with E-state index < -0.39 is 0 Å². The molecule has 0 spiro atoms. The zero-order valence-corrected chi connectivity index (χ0v) is 21.1. The number of carbonyl (C=O) groups is 1. The second-order valence-corrected chi connectivity index (χ2v) is 9.73. The fourth-order valence-corrected chi connectivity index (χ4v) is 4.78. The first-order valence-electron chi connectivity index (χ1n) is 13.0. The van der Waals surface area contributed by atoms with Crippen LogP contribution in [0.1, 0.15) is 29.7 Å². The molecule has 0 atom stereocenters. The van der Waals surface area contributed by atoms with E-state index in [2.05, 4.69) is 81.1 Å². The SMILES string of the molecule is O=C(Cc1ccno1)N(Cc1cccc(-c2ccc3ncnc(NCCc4ccccc4)c3c2)c1)C1CC1. The first-order valence-corrected chi connectivity index (χ1v) is 13.0. The molecule has 3 aromatic carbocycles. The molecule has 1 aliphatic carbocycles. The monoisotopic (exact) mass is 503 g/mol. The van der Waals surface area contributed by atoms with Gasteiger partial charge in [-0.05, 0) is 59.7 Å². The second kappa shape index (κ2) is 10.8. The topological polar surface area (TPSA) is 84.2 Å². The summed E-state index contributed by atoms with van der Waals surface area (Å²) in [5.74, 6) is 1.51. The predicted octanol–water partition coefficient (Wildman–Crippen LogP) is 5.67. The molecule has 0 radical (unpaired) electrons. The molecule has 1 amide bonds. The van der Waals surface area contributed by atoms with Crippen LogP contribution in [0.3, 0.4) is 0 Å². The highest BCUT2D eigenvalue weighted by atomic mass is 16.5. The van der Waals surface area contributed by atoms with Crippen LogP contribution in [0.15, 0.2) is 95.9 Å². The standard InChI is InChI=1S/C31H29N5O2/c37-30(19-27-14-16-35-38-27)36(26-10-11-26)20-23-7-4-8-24(17-23)25-9-12-29-28(18-25)31(34-21-33-29)32-15-13-22-5-2-1-3-6-22/h1-9,12,14,16-18,21,26H,10-11,13,15,19-20H2,(H,32,33,34). The number of carbonyl (C=O) groups excluding carboxylic acids is 1. The van der Waals surface area contributed by atoms with E-state index in [0.29, 0.717) is 18.3 Å². The molecule has 2 heterocycles. The summed E-state index contributed by atoms with van der Waals surface area (Å²) < 4.78 is 5.16. The van der Waals surface area contributed by atoms with E-state index in [-0.39, 0.29) is 12.3 Å². The summed E-state index contributed by atoms with van der Waals surface area (Å²) in [7, 11) is 0. The van der Waals surface area contributed by atoms with E-state index in [0.717, 1.165) is 59.2 Å². The molecule has 0 aliphatic heterocycles. The number of benzene rings is 3. The van der Waals surface area contributed by atoms with Gasteiger partial charge in [0, 0.05) is 30.6 Å². The second-order valence-electron chi connectivity index (χ2n) is 9.73. The van der Waals surface area contributed by atoms with Crippen LogP contribution >= 0.6 is 0 Å². The lowest BCUT2D eigenvalue weighted by molar-refractivity contribution is -0.132. The average molecular weight is 504 g/mol. The van der Waals surface area contributed by atoms with Crippen molar-refractivity contribution in [3.05, 3.63) is 108 Å². The van der Waals surface area contributed by atoms with Crippen LogP contribution in [-0.4, -0.2) is 38.5 Å². The fourth-order valence-electron chi connectivity index (χ4n) is 4.78. The molecular weight excluding hydrogens is 474 g/mol. The molecule has 5 aromatic rings. The quantitative estimate of drug-likeness (QED) is 0.264. The van der Waals surface area contributed by atoms with E-state index in [9.17, 15) is 4.79 Å². The number of amides is 1. The highest BCUT2D eigenvalue weighted by molar-refractivity contribution is 5.92. The van der Waals surface area contributed by atoms with Gasteiger partial charge in [-0.2, -0.15) is 0 Å². The minimum atomic E-state index is 0.0729. The van der Waals surface area contributed by atoms with Crippen molar-refractivity contribution in [3.63, 3.8) is 0 Å². The Morgan fingerprint density at radius 1 is 0.921 bits per heavy atom. The molecule has 0 saturated heterocycles. The number of nitrogens with one attached hydrogen (secondary N) is 1. The molecule has 1 fully saturated rings. The summed E-state index contributed by atoms with van der Waals surface area (Å²) in [4.78, 5) is 24.0. The highest BCUT2D eigenvalue weighted by Gasteiger charge is 2.32. The molecule has 7 nitrogen and oxygen atoms in total. The summed E-state index contributed by atoms with van der Waals surface area (Å²) >= 11 is 0. The number of fused-ring (bicyclic) bond motifs is 1. The Morgan fingerprint density at radius 3 is 2.58 bits per heavy atom. The van der Waals surface area contributed by atoms with E-state index >= 15 is 0 Å². The molecule has 38 heavy (non-hydrogen) atoms. The zero-order valence-electron chi connectivity index (χ0n) is 21.1. The zero-order chi connectivity index (χ0) is 25.7. The molecule has 7 heteroatoms. The van der Waals surface area contributed by atoms with Gasteiger partial charge in [-0.25, -0.2) is 9.97 Å². The number of nitrogens with zero attached hydrogens (tertiary/aromatic N) is 4. The van der Waals surface area contributed by atoms with Crippen molar-refractivity contribution < 1.29 is 9.32 Å². The summed E-state index contributed by atoms with van der Waals surface area (Å²) in [6.07, 6.45) is 6.43. The molecule has 0 bridgehead atoms. The predicted molar refractivity (Wildman–Crippen MR) is 147 cm³/mol. The molecule has 190 valence electrons. The largest absolute Gasteiger partial charge is 0.369 e. The normalized spacial score (nSPS) is 12.9. The molecule has 0 unspecified atom stereocenters. The van der Waals surface area contributed by atoms with Crippen LogP contribution in [0.4, 0.5) is 5.82 Å². The fraction of sp³-hybridized carbons (Fsp3) is 0.226. The lowest BCUT2D eigenvalue weighted by atomic mass is 10.0. The number of aromatic nitrogens is 3. The van der Waals surface area contributed by atoms with Crippen molar-refractivity contribution in [2.45, 2.75) is 38.3 Å². The van der Waals surface area contributed by atoms with Crippen molar-refractivity contribution in [1.82, 2.24) is 20.0 Å². The van der Waals surface area contributed by atoms with Gasteiger partial charge >= 0.3 is 0 Å². The van der Waals surface area contributed by atoms with E-state index in [1.54, 1.807) is 18.6 Å². The van der Waals surface area contributed by atoms with Gasteiger partial charge in [-0.3, -0.25) is 4.79 Å². The third kappa shape index (κ3) is 5.57. The van der Waals surface area contributed by atoms with Crippen LogP contribution < -0.4 is 5.32 Å². The van der Waals surface area contributed by atoms with Crippen molar-refractivity contribution in [1.29, 1.82) is 0 Å². The number of rotatable bonds is 10. The molecule has 6 rings (SSSR count). The van der Waals surface area contributed by atoms with Gasteiger partial charge in [0.05, 0.1) is 18.1 Å². The van der Waals surface area contributed by atoms with Gasteiger partial charge in [-0.15, -0.1) is 0 Å². The van der Waals surface area contributed by atoms with Crippen molar-refractivity contribution in [2.75, 3.05) is 11.9 Å². The lowest BCUT2D eigenvalue weighted by Gasteiger charge is -2.22. The van der Waals surface area contributed by atoms with Crippen LogP contribution in [0.25, 0.3) is 22.0 Å². The average Bonchev–Trinajstić information content (AvgIpc) is 3.67. The molecular formula is C31H29N5O2. The van der Waals surface area contributed by atoms with Gasteiger partial charge < -0.3 is 14.7 Å². The Hall–Kier alpha value is -4.52. The third-order valence-corrected chi connectivity index (χ3v) is 6.92. The maximum absolute atomic E-state index is 13.0. The van der Waals surface area contributed by atoms with Gasteiger partial charge in [0.2, 0.25) is 5.91 Å². The van der Waals surface area contributed by atoms with E-state index in [4.69, 9.17) is 4.52 Å². The minimum absolute atomic E-state index is 0.0729. The molecule has 2 aromatic heterocycles. The summed E-state index contributed by atoms with van der Waals surface area (Å²) in [6.45, 7) is 1.36. The van der Waals surface area contributed by atoms with E-state index in [1.807, 2.05) is 17.0 Å². The highest BCUT2D eigenvalue weighted by Crippen LogP contribution is 2.31. The summed E-state index contributed by atoms with van der Waals surface area (Å²) in [5.41, 5.74) is 5.48. The van der Waals surface area contributed by atoms with E-state index in [1.165, 1.54) is 5.56 Å². The Kier molecular flexibility index (Phi) is 6.81. The maximum Gasteiger partial charge on any atom is 0.230 e. The number of hydrogen-bond acceptors (Lipinski definition) is 6. The van der Waals surface area contributed by atoms with Crippen LogP contribution in [0.2, 0.25) is 0 Å². The molecule has 1 aliphatic rings. The Bertz CT molecular complexity index is 1530. The summed E-state index contributed by atoms with van der Waals surface area (Å²) in [5, 5.41) is 8.21. The van der Waals surface area contributed by atoms with Crippen molar-refractivity contribution in [2.24, 2.45) is 0 Å². The minimum Gasteiger partial charge on any atom is -0.369 e. The Morgan fingerprint density at radius 2 is 1.76 bits per heavy atom. The van der Waals surface area contributed by atoms with Gasteiger partial charge in [0.1, 0.15) is 17.9 Å². The lowest BCUT2D eigenvalue weighted by Crippen LogP contribution is -2.33. The molecule has 1 saturated carbocycles.